The van der Waals surface area contributed by atoms with Crippen LogP contribution in [0.5, 0.6) is 0 Å². The van der Waals surface area contributed by atoms with E-state index in [1.165, 1.54) is 57.8 Å². The fourth-order valence-corrected chi connectivity index (χ4v) is 1.93. The molecule has 0 unspecified atom stereocenters. The first-order valence-corrected chi connectivity index (χ1v) is 6.76. The van der Waals surface area contributed by atoms with E-state index < -0.39 is 0 Å². The molecule has 0 spiro atoms. The van der Waals surface area contributed by atoms with Crippen molar-refractivity contribution in [3.8, 4) is 0 Å². The minimum atomic E-state index is 1.02. The van der Waals surface area contributed by atoms with E-state index in [2.05, 4.69) is 17.0 Å². The number of unbranched alkanes of at least 4 members (excludes halogenated alkanes) is 8. The second-order valence-corrected chi connectivity index (χ2v) is 4.49. The van der Waals surface area contributed by atoms with Crippen LogP contribution < -0.4 is 0 Å². The van der Waals surface area contributed by atoms with Gasteiger partial charge >= 0.3 is 0 Å². The Hall–Kier alpha value is -0.860. The SMILES string of the molecule is CCCCCCCCCCCn1cncn1. The second-order valence-electron chi connectivity index (χ2n) is 4.49. The molecule has 0 radical (unpaired) electrons. The van der Waals surface area contributed by atoms with Gasteiger partial charge in [-0.2, -0.15) is 5.10 Å². The molecule has 1 heterocycles. The molecule has 3 heteroatoms. The van der Waals surface area contributed by atoms with Crippen molar-refractivity contribution in [3.63, 3.8) is 0 Å². The number of aryl methyl sites for hydroxylation is 1. The van der Waals surface area contributed by atoms with Crippen molar-refractivity contribution in [2.45, 2.75) is 71.3 Å². The molecule has 0 amide bonds. The van der Waals surface area contributed by atoms with Crippen molar-refractivity contribution in [3.05, 3.63) is 12.7 Å². The zero-order valence-corrected chi connectivity index (χ0v) is 10.6. The third-order valence-corrected chi connectivity index (χ3v) is 2.96. The maximum atomic E-state index is 4.09. The lowest BCUT2D eigenvalue weighted by molar-refractivity contribution is 0.517. The van der Waals surface area contributed by atoms with E-state index in [0.29, 0.717) is 0 Å². The van der Waals surface area contributed by atoms with Gasteiger partial charge in [0.25, 0.3) is 0 Å². The van der Waals surface area contributed by atoms with Gasteiger partial charge in [0.05, 0.1) is 0 Å². The normalized spacial score (nSPS) is 10.8. The molecule has 0 saturated heterocycles. The molecule has 1 aromatic heterocycles. The van der Waals surface area contributed by atoms with Crippen molar-refractivity contribution in [1.82, 2.24) is 14.8 Å². The summed E-state index contributed by atoms with van der Waals surface area (Å²) >= 11 is 0. The zero-order valence-electron chi connectivity index (χ0n) is 10.6. The van der Waals surface area contributed by atoms with E-state index in [9.17, 15) is 0 Å². The molecule has 0 aromatic carbocycles. The first kappa shape index (κ1) is 13.2. The maximum absolute atomic E-state index is 4.09. The van der Waals surface area contributed by atoms with Crippen LogP contribution in [0.4, 0.5) is 0 Å². The van der Waals surface area contributed by atoms with Crippen LogP contribution in [0.15, 0.2) is 12.7 Å². The van der Waals surface area contributed by atoms with Gasteiger partial charge in [0.1, 0.15) is 12.7 Å². The van der Waals surface area contributed by atoms with Gasteiger partial charge in [-0.15, -0.1) is 0 Å². The summed E-state index contributed by atoms with van der Waals surface area (Å²) in [5.41, 5.74) is 0. The summed E-state index contributed by atoms with van der Waals surface area (Å²) in [7, 11) is 0. The molecule has 3 nitrogen and oxygen atoms in total. The number of rotatable bonds is 10. The predicted molar refractivity (Wildman–Crippen MR) is 67.2 cm³/mol. The van der Waals surface area contributed by atoms with Crippen LogP contribution in [-0.2, 0) is 6.54 Å². The molecular formula is C13H25N3. The number of aromatic nitrogens is 3. The van der Waals surface area contributed by atoms with Crippen LogP contribution in [-0.4, -0.2) is 14.8 Å². The molecule has 1 aromatic rings. The highest BCUT2D eigenvalue weighted by atomic mass is 15.3. The van der Waals surface area contributed by atoms with Crippen molar-refractivity contribution in [2.75, 3.05) is 0 Å². The Morgan fingerprint density at radius 1 is 0.875 bits per heavy atom. The second kappa shape index (κ2) is 9.37. The molecule has 0 aliphatic rings. The van der Waals surface area contributed by atoms with E-state index in [-0.39, 0.29) is 0 Å². The Balaban J connectivity index is 1.78. The fraction of sp³-hybridized carbons (Fsp3) is 0.846. The fourth-order valence-electron chi connectivity index (χ4n) is 1.93. The topological polar surface area (TPSA) is 30.7 Å². The lowest BCUT2D eigenvalue weighted by atomic mass is 10.1. The third kappa shape index (κ3) is 6.59. The van der Waals surface area contributed by atoms with E-state index in [4.69, 9.17) is 0 Å². The van der Waals surface area contributed by atoms with E-state index >= 15 is 0 Å². The summed E-state index contributed by atoms with van der Waals surface area (Å²) in [5.74, 6) is 0. The highest BCUT2D eigenvalue weighted by Crippen LogP contribution is 2.09. The summed E-state index contributed by atoms with van der Waals surface area (Å²) in [6, 6.07) is 0. The monoisotopic (exact) mass is 223 g/mol. The molecule has 0 fully saturated rings. The van der Waals surface area contributed by atoms with Gasteiger partial charge in [0.15, 0.2) is 0 Å². The van der Waals surface area contributed by atoms with Crippen LogP contribution in [0.3, 0.4) is 0 Å². The molecular weight excluding hydrogens is 198 g/mol. The first-order valence-electron chi connectivity index (χ1n) is 6.76. The van der Waals surface area contributed by atoms with E-state index in [0.717, 1.165) is 6.54 Å². The van der Waals surface area contributed by atoms with Gasteiger partial charge in [-0.25, -0.2) is 4.98 Å². The van der Waals surface area contributed by atoms with Gasteiger partial charge in [0, 0.05) is 6.54 Å². The third-order valence-electron chi connectivity index (χ3n) is 2.96. The summed E-state index contributed by atoms with van der Waals surface area (Å²) in [6.07, 6.45) is 15.8. The Kier molecular flexibility index (Phi) is 7.74. The smallest absolute Gasteiger partial charge is 0.137 e. The number of hydrogen-bond acceptors (Lipinski definition) is 2. The van der Waals surface area contributed by atoms with Crippen molar-refractivity contribution in [1.29, 1.82) is 0 Å². The molecule has 0 atom stereocenters. The Labute approximate surface area is 99.3 Å². The molecule has 0 saturated carbocycles. The lowest BCUT2D eigenvalue weighted by Crippen LogP contribution is -1.97. The zero-order chi connectivity index (χ0) is 11.5. The van der Waals surface area contributed by atoms with Crippen LogP contribution in [0.25, 0.3) is 0 Å². The lowest BCUT2D eigenvalue weighted by Gasteiger charge is -2.02. The Morgan fingerprint density at radius 3 is 2.06 bits per heavy atom. The molecule has 0 aliphatic heterocycles. The Morgan fingerprint density at radius 2 is 1.50 bits per heavy atom. The summed E-state index contributed by atoms with van der Waals surface area (Å²) in [6.45, 7) is 3.29. The van der Waals surface area contributed by atoms with E-state index in [1.807, 2.05) is 4.68 Å². The van der Waals surface area contributed by atoms with Crippen molar-refractivity contribution >= 4 is 0 Å². The predicted octanol–water partition coefficient (Wildman–Crippen LogP) is 3.81. The van der Waals surface area contributed by atoms with Gasteiger partial charge in [-0.05, 0) is 6.42 Å². The van der Waals surface area contributed by atoms with Crippen LogP contribution in [0.2, 0.25) is 0 Å². The molecule has 0 aliphatic carbocycles. The minimum Gasteiger partial charge on any atom is -0.253 e. The van der Waals surface area contributed by atoms with Crippen LogP contribution >= 0.6 is 0 Å². The quantitative estimate of drug-likeness (QED) is 0.565. The molecule has 0 bridgehead atoms. The van der Waals surface area contributed by atoms with Crippen LogP contribution in [0.1, 0.15) is 64.7 Å². The maximum Gasteiger partial charge on any atom is 0.137 e. The minimum absolute atomic E-state index is 1.02. The molecule has 16 heavy (non-hydrogen) atoms. The summed E-state index contributed by atoms with van der Waals surface area (Å²) in [4.78, 5) is 3.93. The van der Waals surface area contributed by atoms with Gasteiger partial charge < -0.3 is 0 Å². The van der Waals surface area contributed by atoms with Gasteiger partial charge in [-0.1, -0.05) is 58.3 Å². The van der Waals surface area contributed by atoms with Crippen molar-refractivity contribution in [2.24, 2.45) is 0 Å². The summed E-state index contributed by atoms with van der Waals surface area (Å²) in [5, 5.41) is 4.09. The molecule has 92 valence electrons. The first-order chi connectivity index (χ1) is 7.93. The highest BCUT2D eigenvalue weighted by Gasteiger charge is 1.93. The van der Waals surface area contributed by atoms with Gasteiger partial charge in [0.2, 0.25) is 0 Å². The average Bonchev–Trinajstić information content (AvgIpc) is 2.80. The molecule has 0 N–H and O–H groups in total. The summed E-state index contributed by atoms with van der Waals surface area (Å²) < 4.78 is 1.92. The number of hydrogen-bond donors (Lipinski definition) is 0. The standard InChI is InChI=1S/C13H25N3/c1-2-3-4-5-6-7-8-9-10-11-16-13-14-12-15-16/h12-13H,2-11H2,1H3. The Bertz CT molecular complexity index is 231. The average molecular weight is 223 g/mol. The largest absolute Gasteiger partial charge is 0.253 e. The van der Waals surface area contributed by atoms with Gasteiger partial charge in [-0.3, -0.25) is 4.68 Å². The molecule has 1 rings (SSSR count). The number of nitrogens with zero attached hydrogens (tertiary/aromatic N) is 3. The van der Waals surface area contributed by atoms with Crippen molar-refractivity contribution < 1.29 is 0 Å². The van der Waals surface area contributed by atoms with Crippen LogP contribution in [0, 0.1) is 0 Å². The van der Waals surface area contributed by atoms with E-state index in [1.54, 1.807) is 12.7 Å². The highest BCUT2D eigenvalue weighted by molar-refractivity contribution is 4.56.